The summed E-state index contributed by atoms with van der Waals surface area (Å²) < 4.78 is 38.2. The van der Waals surface area contributed by atoms with Crippen molar-refractivity contribution in [3.05, 3.63) is 84.1 Å². The number of carbonyl (C=O) groups excluding carboxylic acids is 1. The van der Waals surface area contributed by atoms with E-state index in [-0.39, 0.29) is 17.8 Å². The molecule has 3 heterocycles. The smallest absolute Gasteiger partial charge is 0.254 e. The molecule has 0 spiro atoms. The van der Waals surface area contributed by atoms with Gasteiger partial charge in [0.25, 0.3) is 5.91 Å². The van der Waals surface area contributed by atoms with E-state index >= 15 is 0 Å². The summed E-state index contributed by atoms with van der Waals surface area (Å²) >= 11 is 0. The lowest BCUT2D eigenvalue weighted by molar-refractivity contribution is 0.0590. The van der Waals surface area contributed by atoms with Crippen LogP contribution in [0.4, 0.5) is 8.78 Å². The van der Waals surface area contributed by atoms with Gasteiger partial charge in [0.1, 0.15) is 17.6 Å². The molecule has 1 aliphatic heterocycles. The molecule has 0 radical (unpaired) electrons. The Morgan fingerprint density at radius 3 is 2.59 bits per heavy atom. The number of piperidine rings is 1. The van der Waals surface area contributed by atoms with Crippen LogP contribution in [0, 0.1) is 11.6 Å². The summed E-state index contributed by atoms with van der Waals surface area (Å²) in [6, 6.07) is 16.1. The third-order valence-electron chi connectivity index (χ3n) is 5.64. The van der Waals surface area contributed by atoms with Gasteiger partial charge in [-0.05, 0) is 36.4 Å². The van der Waals surface area contributed by atoms with E-state index in [0.29, 0.717) is 42.9 Å². The van der Waals surface area contributed by atoms with Crippen molar-refractivity contribution in [3.8, 4) is 17.2 Å². The van der Waals surface area contributed by atoms with Gasteiger partial charge in [-0.3, -0.25) is 4.79 Å². The molecule has 0 aliphatic carbocycles. The minimum Gasteiger partial charge on any atom is -0.487 e. The Hall–Kier alpha value is -3.74. The van der Waals surface area contributed by atoms with E-state index in [2.05, 4.69) is 4.98 Å². The fraction of sp³-hybridized carbons (Fsp3) is 0.200. The number of carbonyl (C=O) groups is 1. The molecule has 1 saturated heterocycles. The molecule has 1 aliphatic rings. The van der Waals surface area contributed by atoms with Crippen LogP contribution in [0.3, 0.4) is 0 Å². The van der Waals surface area contributed by atoms with Crippen molar-refractivity contribution in [2.75, 3.05) is 13.1 Å². The van der Waals surface area contributed by atoms with Crippen molar-refractivity contribution in [2.45, 2.75) is 18.9 Å². The lowest BCUT2D eigenvalue weighted by Gasteiger charge is -2.32. The first-order valence-corrected chi connectivity index (χ1v) is 10.4. The van der Waals surface area contributed by atoms with Crippen LogP contribution in [0.25, 0.3) is 22.4 Å². The van der Waals surface area contributed by atoms with Crippen LogP contribution >= 0.6 is 0 Å². The number of likely N-dealkylation sites (tertiary alicyclic amines) is 1. The maximum Gasteiger partial charge on any atom is 0.254 e. The minimum atomic E-state index is -0.725. The van der Waals surface area contributed by atoms with Crippen molar-refractivity contribution in [1.29, 1.82) is 0 Å². The number of aromatic nitrogens is 1. The monoisotopic (exact) mass is 434 g/mol. The highest BCUT2D eigenvalue weighted by molar-refractivity contribution is 6.07. The number of nitrogens with zero attached hydrogens (tertiary/aromatic N) is 2. The summed E-state index contributed by atoms with van der Waals surface area (Å²) in [6.45, 7) is 0.943. The van der Waals surface area contributed by atoms with Crippen LogP contribution in [0.15, 0.2) is 71.3 Å². The summed E-state index contributed by atoms with van der Waals surface area (Å²) in [6.07, 6.45) is 2.43. The number of fused-ring (bicyclic) bond motifs is 1. The molecule has 1 fully saturated rings. The Bertz CT molecular complexity index is 1270. The zero-order valence-electron chi connectivity index (χ0n) is 17.1. The topological polar surface area (TPSA) is 55.6 Å². The highest BCUT2D eigenvalue weighted by atomic mass is 19.1. The number of benzene rings is 2. The average molecular weight is 434 g/mol. The Labute approximate surface area is 183 Å². The van der Waals surface area contributed by atoms with E-state index in [0.717, 1.165) is 17.0 Å². The zero-order valence-corrected chi connectivity index (χ0v) is 17.1. The van der Waals surface area contributed by atoms with Gasteiger partial charge in [-0.25, -0.2) is 13.8 Å². The van der Waals surface area contributed by atoms with Crippen molar-refractivity contribution in [1.82, 2.24) is 9.88 Å². The molecule has 2 aromatic carbocycles. The molecule has 2 aromatic heterocycles. The first-order chi connectivity index (χ1) is 15.6. The predicted molar refractivity (Wildman–Crippen MR) is 115 cm³/mol. The molecule has 0 atom stereocenters. The molecule has 32 heavy (non-hydrogen) atoms. The van der Waals surface area contributed by atoms with E-state index in [1.807, 2.05) is 30.3 Å². The number of furan rings is 1. The van der Waals surface area contributed by atoms with E-state index in [9.17, 15) is 13.6 Å². The number of hydrogen-bond donors (Lipinski definition) is 0. The number of ether oxygens (including phenoxy) is 1. The summed E-state index contributed by atoms with van der Waals surface area (Å²) in [5, 5.41) is 0.777. The van der Waals surface area contributed by atoms with Gasteiger partial charge in [0.15, 0.2) is 17.3 Å². The summed E-state index contributed by atoms with van der Waals surface area (Å²) in [7, 11) is 0. The Morgan fingerprint density at radius 1 is 1.03 bits per heavy atom. The molecule has 5 nitrogen and oxygen atoms in total. The Balaban J connectivity index is 1.35. The van der Waals surface area contributed by atoms with E-state index < -0.39 is 11.6 Å². The standard InChI is InChI=1S/C25H20F2N2O3/c26-16-7-8-23(20(27)14-16)32-17-9-11-29(12-10-17)25(30)19-15-22(24-6-3-13-31-24)28-21-5-2-1-4-18(19)21/h1-8,13-15,17H,9-12H2. The molecule has 162 valence electrons. The normalized spacial score (nSPS) is 14.6. The largest absolute Gasteiger partial charge is 0.487 e. The van der Waals surface area contributed by atoms with Gasteiger partial charge in [0.05, 0.1) is 17.3 Å². The third kappa shape index (κ3) is 3.93. The van der Waals surface area contributed by atoms with Gasteiger partial charge in [-0.1, -0.05) is 18.2 Å². The quantitative estimate of drug-likeness (QED) is 0.428. The summed E-state index contributed by atoms with van der Waals surface area (Å²) in [5.41, 5.74) is 1.88. The minimum absolute atomic E-state index is 0.0272. The second-order valence-corrected chi connectivity index (χ2v) is 7.73. The summed E-state index contributed by atoms with van der Waals surface area (Å²) in [5.74, 6) is -0.841. The SMILES string of the molecule is O=C(c1cc(-c2ccco2)nc2ccccc12)N1CCC(Oc2ccc(F)cc2F)CC1. The van der Waals surface area contributed by atoms with Crippen LogP contribution in [0.5, 0.6) is 5.75 Å². The second kappa shape index (κ2) is 8.42. The first-order valence-electron chi connectivity index (χ1n) is 10.4. The van der Waals surface area contributed by atoms with Crippen molar-refractivity contribution < 1.29 is 22.7 Å². The molecule has 0 unspecified atom stereocenters. The second-order valence-electron chi connectivity index (χ2n) is 7.73. The fourth-order valence-corrected chi connectivity index (χ4v) is 4.00. The molecular formula is C25H20F2N2O3. The molecule has 0 saturated carbocycles. The Kier molecular flexibility index (Phi) is 5.31. The number of rotatable bonds is 4. The molecular weight excluding hydrogens is 414 g/mol. The molecule has 5 rings (SSSR count). The third-order valence-corrected chi connectivity index (χ3v) is 5.64. The molecule has 4 aromatic rings. The van der Waals surface area contributed by atoms with Crippen molar-refractivity contribution >= 4 is 16.8 Å². The van der Waals surface area contributed by atoms with Gasteiger partial charge < -0.3 is 14.1 Å². The van der Waals surface area contributed by atoms with Gasteiger partial charge in [0, 0.05) is 37.4 Å². The lowest BCUT2D eigenvalue weighted by atomic mass is 10.0. The maximum absolute atomic E-state index is 13.9. The van der Waals surface area contributed by atoms with Crippen molar-refractivity contribution in [3.63, 3.8) is 0 Å². The number of hydrogen-bond acceptors (Lipinski definition) is 4. The van der Waals surface area contributed by atoms with Crippen LogP contribution in [0.1, 0.15) is 23.2 Å². The maximum atomic E-state index is 13.9. The van der Waals surface area contributed by atoms with Crippen LogP contribution in [-0.2, 0) is 0 Å². The van der Waals surface area contributed by atoms with Crippen molar-refractivity contribution in [2.24, 2.45) is 0 Å². The summed E-state index contributed by atoms with van der Waals surface area (Å²) in [4.78, 5) is 19.8. The molecule has 0 bridgehead atoms. The van der Waals surface area contributed by atoms with Crippen LogP contribution in [0.2, 0.25) is 0 Å². The Morgan fingerprint density at radius 2 is 1.84 bits per heavy atom. The van der Waals surface area contributed by atoms with Gasteiger partial charge in [0.2, 0.25) is 0 Å². The van der Waals surface area contributed by atoms with Crippen LogP contribution in [-0.4, -0.2) is 35.0 Å². The van der Waals surface area contributed by atoms with Gasteiger partial charge in [-0.15, -0.1) is 0 Å². The van der Waals surface area contributed by atoms with Gasteiger partial charge >= 0.3 is 0 Å². The number of halogens is 2. The predicted octanol–water partition coefficient (Wildman–Crippen LogP) is 5.46. The van der Waals surface area contributed by atoms with Crippen LogP contribution < -0.4 is 4.74 Å². The highest BCUT2D eigenvalue weighted by Gasteiger charge is 2.27. The highest BCUT2D eigenvalue weighted by Crippen LogP contribution is 2.28. The average Bonchev–Trinajstić information content (AvgIpc) is 3.35. The molecule has 7 heteroatoms. The first kappa shape index (κ1) is 20.2. The molecule has 1 amide bonds. The fourth-order valence-electron chi connectivity index (χ4n) is 4.00. The van der Waals surface area contributed by atoms with E-state index in [4.69, 9.17) is 9.15 Å². The lowest BCUT2D eigenvalue weighted by Crippen LogP contribution is -2.42. The number of amides is 1. The van der Waals surface area contributed by atoms with E-state index in [1.54, 1.807) is 23.3 Å². The van der Waals surface area contributed by atoms with Gasteiger partial charge in [-0.2, -0.15) is 0 Å². The zero-order chi connectivity index (χ0) is 22.1. The number of pyridine rings is 1. The molecule has 0 N–H and O–H groups in total. The number of para-hydroxylation sites is 1. The van der Waals surface area contributed by atoms with E-state index in [1.165, 1.54) is 12.1 Å².